The van der Waals surface area contributed by atoms with Gasteiger partial charge in [0.2, 0.25) is 0 Å². The van der Waals surface area contributed by atoms with E-state index >= 15 is 0 Å². The Kier molecular flexibility index (Phi) is 3.48. The van der Waals surface area contributed by atoms with Gasteiger partial charge in [0.05, 0.1) is 11.4 Å². The van der Waals surface area contributed by atoms with Crippen molar-refractivity contribution in [1.82, 2.24) is 9.78 Å². The standard InChI is InChI=1S/C18H18N2O/c1-3-16-17(14-9-7-8-13(2)12-14)19-20(18(16)21)15-10-5-4-6-11-15/h4-12,19H,3H2,1-2H3. The van der Waals surface area contributed by atoms with E-state index in [9.17, 15) is 4.79 Å². The van der Waals surface area contributed by atoms with Crippen LogP contribution >= 0.6 is 0 Å². The van der Waals surface area contributed by atoms with Crippen LogP contribution in [0.25, 0.3) is 16.9 Å². The van der Waals surface area contributed by atoms with Crippen LogP contribution in [0.2, 0.25) is 0 Å². The van der Waals surface area contributed by atoms with Gasteiger partial charge in [-0.1, -0.05) is 48.9 Å². The van der Waals surface area contributed by atoms with Gasteiger partial charge in [-0.2, -0.15) is 0 Å². The second-order valence-electron chi connectivity index (χ2n) is 5.16. The molecule has 0 spiro atoms. The fraction of sp³-hybridized carbons (Fsp3) is 0.167. The molecule has 0 saturated carbocycles. The lowest BCUT2D eigenvalue weighted by atomic mass is 10.0. The molecule has 0 aliphatic heterocycles. The summed E-state index contributed by atoms with van der Waals surface area (Å²) in [6.07, 6.45) is 0.707. The lowest BCUT2D eigenvalue weighted by Crippen LogP contribution is -2.16. The Morgan fingerprint density at radius 2 is 1.81 bits per heavy atom. The summed E-state index contributed by atoms with van der Waals surface area (Å²) in [5, 5.41) is 3.26. The minimum absolute atomic E-state index is 0.0280. The van der Waals surface area contributed by atoms with Gasteiger partial charge in [-0.05, 0) is 31.5 Å². The molecule has 1 N–H and O–H groups in total. The number of hydrogen-bond acceptors (Lipinski definition) is 1. The van der Waals surface area contributed by atoms with Gasteiger partial charge >= 0.3 is 0 Å². The molecule has 3 heteroatoms. The molecule has 1 aromatic heterocycles. The molecule has 1 heterocycles. The summed E-state index contributed by atoms with van der Waals surface area (Å²) in [6.45, 7) is 4.07. The van der Waals surface area contributed by atoms with Crippen molar-refractivity contribution in [2.24, 2.45) is 0 Å². The molecule has 21 heavy (non-hydrogen) atoms. The highest BCUT2D eigenvalue weighted by molar-refractivity contribution is 5.64. The number of aromatic nitrogens is 2. The van der Waals surface area contributed by atoms with E-state index in [1.54, 1.807) is 4.68 Å². The van der Waals surface area contributed by atoms with Crippen LogP contribution in [0.1, 0.15) is 18.1 Å². The predicted octanol–water partition coefficient (Wildman–Crippen LogP) is 3.70. The van der Waals surface area contributed by atoms with Gasteiger partial charge in [-0.15, -0.1) is 0 Å². The summed E-state index contributed by atoms with van der Waals surface area (Å²) in [5.74, 6) is 0. The average Bonchev–Trinajstić information content (AvgIpc) is 2.85. The summed E-state index contributed by atoms with van der Waals surface area (Å²) in [4.78, 5) is 12.6. The molecule has 0 bridgehead atoms. The first-order valence-corrected chi connectivity index (χ1v) is 7.17. The van der Waals surface area contributed by atoms with E-state index in [1.807, 2.05) is 49.4 Å². The first-order chi connectivity index (χ1) is 10.2. The Hall–Kier alpha value is -2.55. The third-order valence-corrected chi connectivity index (χ3v) is 3.66. The molecule has 0 aliphatic rings. The van der Waals surface area contributed by atoms with Crippen molar-refractivity contribution in [1.29, 1.82) is 0 Å². The molecule has 0 fully saturated rings. The predicted molar refractivity (Wildman–Crippen MR) is 85.9 cm³/mol. The molecule has 0 radical (unpaired) electrons. The molecule has 3 aromatic rings. The minimum atomic E-state index is 0.0280. The van der Waals surface area contributed by atoms with Gasteiger partial charge in [0.1, 0.15) is 0 Å². The maximum Gasteiger partial charge on any atom is 0.275 e. The topological polar surface area (TPSA) is 37.8 Å². The summed E-state index contributed by atoms with van der Waals surface area (Å²) < 4.78 is 1.62. The van der Waals surface area contributed by atoms with E-state index in [2.05, 4.69) is 24.2 Å². The second kappa shape index (κ2) is 5.44. The lowest BCUT2D eigenvalue weighted by Gasteiger charge is -2.03. The number of aromatic amines is 1. The number of nitrogens with zero attached hydrogens (tertiary/aromatic N) is 1. The van der Waals surface area contributed by atoms with E-state index in [0.29, 0.717) is 6.42 Å². The van der Waals surface area contributed by atoms with Crippen LogP contribution in [-0.2, 0) is 6.42 Å². The first kappa shape index (κ1) is 13.4. The molecular formula is C18H18N2O. The maximum absolute atomic E-state index is 12.6. The Morgan fingerprint density at radius 3 is 2.48 bits per heavy atom. The van der Waals surface area contributed by atoms with E-state index in [-0.39, 0.29) is 5.56 Å². The quantitative estimate of drug-likeness (QED) is 0.779. The van der Waals surface area contributed by atoms with Crippen molar-refractivity contribution in [2.75, 3.05) is 0 Å². The van der Waals surface area contributed by atoms with E-state index in [0.717, 1.165) is 22.5 Å². The second-order valence-corrected chi connectivity index (χ2v) is 5.16. The van der Waals surface area contributed by atoms with Crippen molar-refractivity contribution in [3.8, 4) is 16.9 Å². The summed E-state index contributed by atoms with van der Waals surface area (Å²) >= 11 is 0. The number of hydrogen-bond donors (Lipinski definition) is 1. The van der Waals surface area contributed by atoms with Crippen molar-refractivity contribution < 1.29 is 0 Å². The van der Waals surface area contributed by atoms with Crippen LogP contribution in [0.15, 0.2) is 59.4 Å². The Bertz CT molecular complexity index is 813. The van der Waals surface area contributed by atoms with Crippen LogP contribution < -0.4 is 5.56 Å². The van der Waals surface area contributed by atoms with Crippen LogP contribution in [0.5, 0.6) is 0 Å². The maximum atomic E-state index is 12.6. The molecule has 0 amide bonds. The van der Waals surface area contributed by atoms with E-state index in [1.165, 1.54) is 5.56 Å². The molecule has 2 aromatic carbocycles. The van der Waals surface area contributed by atoms with Gasteiger partial charge in [0.25, 0.3) is 5.56 Å². The molecular weight excluding hydrogens is 260 g/mol. The molecule has 0 saturated heterocycles. The van der Waals surface area contributed by atoms with Crippen LogP contribution in [0.3, 0.4) is 0 Å². The normalized spacial score (nSPS) is 10.8. The zero-order valence-corrected chi connectivity index (χ0v) is 12.3. The summed E-state index contributed by atoms with van der Waals surface area (Å²) in [7, 11) is 0. The summed E-state index contributed by atoms with van der Waals surface area (Å²) in [6, 6.07) is 17.9. The van der Waals surface area contributed by atoms with Crippen LogP contribution in [-0.4, -0.2) is 9.78 Å². The molecule has 0 unspecified atom stereocenters. The molecule has 106 valence electrons. The number of nitrogens with one attached hydrogen (secondary N) is 1. The van der Waals surface area contributed by atoms with Gasteiger partial charge in [0, 0.05) is 11.1 Å². The smallest absolute Gasteiger partial charge is 0.275 e. The van der Waals surface area contributed by atoms with Crippen LogP contribution in [0, 0.1) is 6.92 Å². The highest BCUT2D eigenvalue weighted by Crippen LogP contribution is 2.22. The molecule has 0 aliphatic carbocycles. The first-order valence-electron chi connectivity index (χ1n) is 7.17. The monoisotopic (exact) mass is 278 g/mol. The van der Waals surface area contributed by atoms with Gasteiger partial charge in [0.15, 0.2) is 0 Å². The van der Waals surface area contributed by atoms with Crippen LogP contribution in [0.4, 0.5) is 0 Å². The molecule has 3 rings (SSSR count). The van der Waals surface area contributed by atoms with Crippen molar-refractivity contribution in [3.63, 3.8) is 0 Å². The third kappa shape index (κ3) is 2.42. The average molecular weight is 278 g/mol. The Labute approximate surface area is 123 Å². The third-order valence-electron chi connectivity index (χ3n) is 3.66. The zero-order valence-electron chi connectivity index (χ0n) is 12.3. The SMILES string of the molecule is CCc1c(-c2cccc(C)c2)[nH]n(-c2ccccc2)c1=O. The largest absolute Gasteiger partial charge is 0.290 e. The fourth-order valence-electron chi connectivity index (χ4n) is 2.60. The number of aryl methyl sites for hydroxylation is 1. The van der Waals surface area contributed by atoms with Gasteiger partial charge in [-0.25, -0.2) is 4.68 Å². The lowest BCUT2D eigenvalue weighted by molar-refractivity contribution is 0.849. The number of rotatable bonds is 3. The Morgan fingerprint density at radius 1 is 1.05 bits per heavy atom. The van der Waals surface area contributed by atoms with Crippen molar-refractivity contribution in [2.45, 2.75) is 20.3 Å². The summed E-state index contributed by atoms with van der Waals surface area (Å²) in [5.41, 5.74) is 4.86. The van der Waals surface area contributed by atoms with Crippen molar-refractivity contribution >= 4 is 0 Å². The molecule has 3 nitrogen and oxygen atoms in total. The zero-order chi connectivity index (χ0) is 14.8. The highest BCUT2D eigenvalue weighted by atomic mass is 16.1. The minimum Gasteiger partial charge on any atom is -0.290 e. The number of benzene rings is 2. The number of H-pyrrole nitrogens is 1. The van der Waals surface area contributed by atoms with Crippen molar-refractivity contribution in [3.05, 3.63) is 76.1 Å². The number of para-hydroxylation sites is 1. The van der Waals surface area contributed by atoms with Gasteiger partial charge in [-0.3, -0.25) is 9.89 Å². The highest BCUT2D eigenvalue weighted by Gasteiger charge is 2.15. The van der Waals surface area contributed by atoms with Gasteiger partial charge < -0.3 is 0 Å². The Balaban J connectivity index is 2.21. The van der Waals surface area contributed by atoms with E-state index in [4.69, 9.17) is 0 Å². The molecule has 0 atom stereocenters. The van der Waals surface area contributed by atoms with E-state index < -0.39 is 0 Å². The fourth-order valence-corrected chi connectivity index (χ4v) is 2.60.